The molecule has 0 unspecified atom stereocenters. The van der Waals surface area contributed by atoms with Crippen molar-refractivity contribution in [1.29, 1.82) is 0 Å². The second-order valence-corrected chi connectivity index (χ2v) is 4.71. The van der Waals surface area contributed by atoms with Gasteiger partial charge in [-0.1, -0.05) is 0 Å². The van der Waals surface area contributed by atoms with Gasteiger partial charge in [0.15, 0.2) is 0 Å². The molecule has 20 heavy (non-hydrogen) atoms. The number of hydrogen-bond acceptors (Lipinski definition) is 4. The van der Waals surface area contributed by atoms with Crippen LogP contribution in [0.5, 0.6) is 0 Å². The van der Waals surface area contributed by atoms with Gasteiger partial charge in [-0.05, 0) is 26.0 Å². The summed E-state index contributed by atoms with van der Waals surface area (Å²) in [7, 11) is 1.44. The van der Waals surface area contributed by atoms with Crippen molar-refractivity contribution in [3.8, 4) is 0 Å². The topological polar surface area (TPSA) is 71.5 Å². The van der Waals surface area contributed by atoms with Crippen molar-refractivity contribution < 1.29 is 27.8 Å². The van der Waals surface area contributed by atoms with E-state index in [1.54, 1.807) is 13.8 Å². The zero-order valence-corrected chi connectivity index (χ0v) is 11.2. The van der Waals surface area contributed by atoms with Gasteiger partial charge in [-0.15, -0.1) is 0 Å². The highest BCUT2D eigenvalue weighted by molar-refractivity contribution is 5.93. The number of nitrogens with one attached hydrogen (secondary N) is 1. The van der Waals surface area contributed by atoms with Crippen LogP contribution in [-0.2, 0) is 10.9 Å². The number of rotatable bonds is 5. The van der Waals surface area contributed by atoms with E-state index in [0.717, 1.165) is 6.07 Å². The number of hydrogen-bond donors (Lipinski definition) is 2. The Bertz CT molecular complexity index is 501. The molecule has 112 valence electrons. The quantitative estimate of drug-likeness (QED) is 0.873. The number of aromatic nitrogens is 1. The summed E-state index contributed by atoms with van der Waals surface area (Å²) in [5.41, 5.74) is -2.16. The molecule has 1 heterocycles. The number of anilines is 1. The number of carboxylic acids is 1. The largest absolute Gasteiger partial charge is 0.478 e. The smallest absolute Gasteiger partial charge is 0.433 e. The summed E-state index contributed by atoms with van der Waals surface area (Å²) in [4.78, 5) is 14.3. The fraction of sp³-hybridized carbons (Fsp3) is 0.500. The summed E-state index contributed by atoms with van der Waals surface area (Å²) in [6, 6.07) is 1.51. The monoisotopic (exact) mass is 292 g/mol. The summed E-state index contributed by atoms with van der Waals surface area (Å²) in [6.45, 7) is 3.51. The number of carbonyl (C=O) groups is 1. The van der Waals surface area contributed by atoms with E-state index >= 15 is 0 Å². The summed E-state index contributed by atoms with van der Waals surface area (Å²) in [5.74, 6) is -1.69. The van der Waals surface area contributed by atoms with Gasteiger partial charge in [-0.2, -0.15) is 13.2 Å². The van der Waals surface area contributed by atoms with E-state index in [9.17, 15) is 18.0 Å². The van der Waals surface area contributed by atoms with Crippen molar-refractivity contribution >= 4 is 11.8 Å². The second kappa shape index (κ2) is 5.66. The Balaban J connectivity index is 3.10. The summed E-state index contributed by atoms with van der Waals surface area (Å²) in [6.07, 6.45) is -4.63. The Morgan fingerprint density at radius 1 is 1.40 bits per heavy atom. The average Bonchev–Trinajstić information content (AvgIpc) is 2.35. The second-order valence-electron chi connectivity index (χ2n) is 4.71. The van der Waals surface area contributed by atoms with Crippen molar-refractivity contribution in [2.45, 2.75) is 25.6 Å². The molecule has 0 saturated heterocycles. The Hall–Kier alpha value is -1.83. The number of halogens is 3. The zero-order valence-electron chi connectivity index (χ0n) is 11.2. The minimum Gasteiger partial charge on any atom is -0.478 e. The van der Waals surface area contributed by atoms with Crippen LogP contribution >= 0.6 is 0 Å². The fourth-order valence-corrected chi connectivity index (χ4v) is 1.29. The van der Waals surface area contributed by atoms with Crippen LogP contribution in [0.1, 0.15) is 29.9 Å². The maximum Gasteiger partial charge on any atom is 0.433 e. The minimum atomic E-state index is -4.63. The predicted molar refractivity (Wildman–Crippen MR) is 65.8 cm³/mol. The summed E-state index contributed by atoms with van der Waals surface area (Å²) >= 11 is 0. The predicted octanol–water partition coefficient (Wildman–Crippen LogP) is 2.64. The molecule has 0 aromatic carbocycles. The number of alkyl halides is 3. The first-order valence-electron chi connectivity index (χ1n) is 5.67. The SMILES string of the molecule is COC(C)(C)CNc1nc(C(F)(F)F)ccc1C(=O)O. The number of carboxylic acid groups (broad SMARTS) is 1. The molecular formula is C12H15F3N2O3. The highest BCUT2D eigenvalue weighted by atomic mass is 19.4. The van der Waals surface area contributed by atoms with Gasteiger partial charge < -0.3 is 15.2 Å². The lowest BCUT2D eigenvalue weighted by Gasteiger charge is -2.24. The molecular weight excluding hydrogens is 277 g/mol. The molecule has 0 atom stereocenters. The Labute approximate surface area is 113 Å². The lowest BCUT2D eigenvalue weighted by molar-refractivity contribution is -0.141. The molecule has 0 bridgehead atoms. The van der Waals surface area contributed by atoms with E-state index in [4.69, 9.17) is 9.84 Å². The van der Waals surface area contributed by atoms with Gasteiger partial charge in [0.2, 0.25) is 0 Å². The standard InChI is InChI=1S/C12H15F3N2O3/c1-11(2,20-3)6-16-9-7(10(18)19)4-5-8(17-9)12(13,14)15/h4-5H,6H2,1-3H3,(H,16,17)(H,18,19). The van der Waals surface area contributed by atoms with E-state index < -0.39 is 23.4 Å². The molecule has 0 fully saturated rings. The molecule has 1 aromatic heterocycles. The average molecular weight is 292 g/mol. The third-order valence-electron chi connectivity index (χ3n) is 2.65. The van der Waals surface area contributed by atoms with Crippen LogP contribution in [0.2, 0.25) is 0 Å². The third-order valence-corrected chi connectivity index (χ3v) is 2.65. The van der Waals surface area contributed by atoms with Gasteiger partial charge in [0.1, 0.15) is 17.1 Å². The van der Waals surface area contributed by atoms with Crippen molar-refractivity contribution in [2.24, 2.45) is 0 Å². The van der Waals surface area contributed by atoms with Crippen LogP contribution in [0.3, 0.4) is 0 Å². The molecule has 0 saturated carbocycles. The molecule has 0 radical (unpaired) electrons. The molecule has 5 nitrogen and oxygen atoms in total. The van der Waals surface area contributed by atoms with E-state index in [1.165, 1.54) is 7.11 Å². The normalized spacial score (nSPS) is 12.3. The molecule has 0 aliphatic heterocycles. The Morgan fingerprint density at radius 2 is 2.00 bits per heavy atom. The van der Waals surface area contributed by atoms with E-state index in [0.29, 0.717) is 6.07 Å². The highest BCUT2D eigenvalue weighted by Gasteiger charge is 2.33. The first-order valence-corrected chi connectivity index (χ1v) is 5.67. The molecule has 0 amide bonds. The summed E-state index contributed by atoms with van der Waals surface area (Å²) in [5, 5.41) is 11.5. The maximum absolute atomic E-state index is 12.6. The van der Waals surface area contributed by atoms with Crippen molar-refractivity contribution in [1.82, 2.24) is 4.98 Å². The number of nitrogens with zero attached hydrogens (tertiary/aromatic N) is 1. The molecule has 2 N–H and O–H groups in total. The fourth-order valence-electron chi connectivity index (χ4n) is 1.29. The van der Waals surface area contributed by atoms with Gasteiger partial charge >= 0.3 is 12.1 Å². The lowest BCUT2D eigenvalue weighted by Crippen LogP contribution is -2.33. The molecule has 8 heteroatoms. The molecule has 1 aromatic rings. The molecule has 0 aliphatic carbocycles. The van der Waals surface area contributed by atoms with Gasteiger partial charge in [-0.3, -0.25) is 0 Å². The first kappa shape index (κ1) is 16.2. The number of methoxy groups -OCH3 is 1. The minimum absolute atomic E-state index is 0.109. The highest BCUT2D eigenvalue weighted by Crippen LogP contribution is 2.29. The van der Waals surface area contributed by atoms with Crippen LogP contribution in [0, 0.1) is 0 Å². The molecule has 1 rings (SSSR count). The third kappa shape index (κ3) is 4.09. The van der Waals surface area contributed by atoms with Gasteiger partial charge in [-0.25, -0.2) is 9.78 Å². The van der Waals surface area contributed by atoms with Gasteiger partial charge in [0.25, 0.3) is 0 Å². The number of pyridine rings is 1. The van der Waals surface area contributed by atoms with E-state index in [2.05, 4.69) is 10.3 Å². The van der Waals surface area contributed by atoms with Gasteiger partial charge in [0, 0.05) is 13.7 Å². The first-order chi connectivity index (χ1) is 9.07. The van der Waals surface area contributed by atoms with Crippen molar-refractivity contribution in [2.75, 3.05) is 19.0 Å². The maximum atomic E-state index is 12.6. The van der Waals surface area contributed by atoms with Crippen LogP contribution < -0.4 is 5.32 Å². The van der Waals surface area contributed by atoms with Gasteiger partial charge in [0.05, 0.1) is 5.60 Å². The van der Waals surface area contributed by atoms with Crippen LogP contribution in [0.4, 0.5) is 19.0 Å². The Kier molecular flexibility index (Phi) is 4.59. The lowest BCUT2D eigenvalue weighted by atomic mass is 10.1. The zero-order chi connectivity index (χ0) is 15.6. The molecule has 0 aliphatic rings. The molecule has 0 spiro atoms. The summed E-state index contributed by atoms with van der Waals surface area (Å²) < 4.78 is 42.8. The van der Waals surface area contributed by atoms with Crippen LogP contribution in [-0.4, -0.2) is 35.3 Å². The van der Waals surface area contributed by atoms with Crippen molar-refractivity contribution in [3.05, 3.63) is 23.4 Å². The van der Waals surface area contributed by atoms with Crippen LogP contribution in [0.15, 0.2) is 12.1 Å². The Morgan fingerprint density at radius 3 is 2.45 bits per heavy atom. The van der Waals surface area contributed by atoms with E-state index in [-0.39, 0.29) is 17.9 Å². The number of ether oxygens (including phenoxy) is 1. The van der Waals surface area contributed by atoms with E-state index in [1.807, 2.05) is 0 Å². The van der Waals surface area contributed by atoms with Crippen LogP contribution in [0.25, 0.3) is 0 Å². The van der Waals surface area contributed by atoms with Crippen molar-refractivity contribution in [3.63, 3.8) is 0 Å². The number of aromatic carboxylic acids is 1.